The zero-order valence-electron chi connectivity index (χ0n) is 9.51. The standard InChI is InChI=1S/C11H24N2/c1-9(2)7-13-8-10(12)5-6-11(13,3)4/h9-10H,5-8,12H2,1-4H3. The predicted octanol–water partition coefficient (Wildman–Crippen LogP) is 1.84. The van der Waals surface area contributed by atoms with E-state index in [0.717, 1.165) is 12.5 Å². The first kappa shape index (κ1) is 11.0. The fraction of sp³-hybridized carbons (Fsp3) is 1.00. The largest absolute Gasteiger partial charge is 0.327 e. The quantitative estimate of drug-likeness (QED) is 0.709. The first-order valence-corrected chi connectivity index (χ1v) is 5.42. The molecule has 0 bridgehead atoms. The molecule has 1 heterocycles. The van der Waals surface area contributed by atoms with Gasteiger partial charge < -0.3 is 5.73 Å². The molecule has 1 aliphatic heterocycles. The molecular formula is C11H24N2. The second-order valence-electron chi connectivity index (χ2n) is 5.41. The summed E-state index contributed by atoms with van der Waals surface area (Å²) in [6, 6.07) is 0.395. The van der Waals surface area contributed by atoms with Gasteiger partial charge in [-0.3, -0.25) is 4.90 Å². The molecule has 1 unspecified atom stereocenters. The lowest BCUT2D eigenvalue weighted by Crippen LogP contribution is -2.55. The zero-order valence-corrected chi connectivity index (χ0v) is 9.51. The van der Waals surface area contributed by atoms with Gasteiger partial charge in [0.25, 0.3) is 0 Å². The molecule has 0 aromatic carbocycles. The molecule has 1 atom stereocenters. The highest BCUT2D eigenvalue weighted by molar-refractivity contribution is 4.90. The van der Waals surface area contributed by atoms with E-state index in [0.29, 0.717) is 11.6 Å². The third kappa shape index (κ3) is 2.96. The number of hydrogen-bond donors (Lipinski definition) is 1. The van der Waals surface area contributed by atoms with Crippen LogP contribution in [-0.4, -0.2) is 29.6 Å². The fourth-order valence-electron chi connectivity index (χ4n) is 2.08. The molecule has 0 saturated carbocycles. The number of nitrogens with zero attached hydrogens (tertiary/aromatic N) is 1. The summed E-state index contributed by atoms with van der Waals surface area (Å²) in [5, 5.41) is 0. The Hall–Kier alpha value is -0.0800. The Bertz CT molecular complexity index is 161. The molecule has 13 heavy (non-hydrogen) atoms. The van der Waals surface area contributed by atoms with E-state index in [1.54, 1.807) is 0 Å². The number of hydrogen-bond acceptors (Lipinski definition) is 2. The minimum Gasteiger partial charge on any atom is -0.327 e. The van der Waals surface area contributed by atoms with Crippen molar-refractivity contribution in [2.45, 2.75) is 52.1 Å². The molecule has 0 spiro atoms. The monoisotopic (exact) mass is 184 g/mol. The van der Waals surface area contributed by atoms with Crippen LogP contribution in [0.1, 0.15) is 40.5 Å². The van der Waals surface area contributed by atoms with Crippen LogP contribution in [0.5, 0.6) is 0 Å². The van der Waals surface area contributed by atoms with Crippen LogP contribution < -0.4 is 5.73 Å². The molecule has 0 aliphatic carbocycles. The van der Waals surface area contributed by atoms with Crippen molar-refractivity contribution in [2.24, 2.45) is 11.7 Å². The molecule has 2 N–H and O–H groups in total. The average molecular weight is 184 g/mol. The molecule has 1 rings (SSSR count). The maximum Gasteiger partial charge on any atom is 0.0168 e. The predicted molar refractivity (Wildman–Crippen MR) is 57.7 cm³/mol. The van der Waals surface area contributed by atoms with Gasteiger partial charge in [0.1, 0.15) is 0 Å². The van der Waals surface area contributed by atoms with E-state index in [1.165, 1.54) is 19.4 Å². The fourth-order valence-corrected chi connectivity index (χ4v) is 2.08. The van der Waals surface area contributed by atoms with Crippen LogP contribution >= 0.6 is 0 Å². The molecule has 2 heteroatoms. The molecule has 1 fully saturated rings. The molecule has 0 radical (unpaired) electrons. The van der Waals surface area contributed by atoms with Gasteiger partial charge in [0, 0.05) is 24.7 Å². The Morgan fingerprint density at radius 1 is 1.46 bits per heavy atom. The van der Waals surface area contributed by atoms with Crippen molar-refractivity contribution in [1.82, 2.24) is 4.90 Å². The normalized spacial score (nSPS) is 29.5. The molecule has 1 aliphatic rings. The smallest absolute Gasteiger partial charge is 0.0168 e. The van der Waals surface area contributed by atoms with E-state index in [-0.39, 0.29) is 0 Å². The Balaban J connectivity index is 2.56. The van der Waals surface area contributed by atoms with Gasteiger partial charge in [-0.1, -0.05) is 13.8 Å². The summed E-state index contributed by atoms with van der Waals surface area (Å²) in [6.07, 6.45) is 2.42. The van der Waals surface area contributed by atoms with Crippen LogP contribution in [0.25, 0.3) is 0 Å². The summed E-state index contributed by atoms with van der Waals surface area (Å²) >= 11 is 0. The highest BCUT2D eigenvalue weighted by atomic mass is 15.2. The van der Waals surface area contributed by atoms with Crippen LogP contribution in [0.4, 0.5) is 0 Å². The average Bonchev–Trinajstić information content (AvgIpc) is 1.97. The maximum absolute atomic E-state index is 5.98. The minimum atomic E-state index is 0.361. The van der Waals surface area contributed by atoms with Gasteiger partial charge in [0.15, 0.2) is 0 Å². The summed E-state index contributed by atoms with van der Waals surface area (Å²) < 4.78 is 0. The Kier molecular flexibility index (Phi) is 3.36. The van der Waals surface area contributed by atoms with Crippen molar-refractivity contribution in [2.75, 3.05) is 13.1 Å². The van der Waals surface area contributed by atoms with Crippen molar-refractivity contribution in [3.05, 3.63) is 0 Å². The Labute approximate surface area is 82.5 Å². The van der Waals surface area contributed by atoms with Crippen molar-refractivity contribution < 1.29 is 0 Å². The van der Waals surface area contributed by atoms with Gasteiger partial charge in [-0.2, -0.15) is 0 Å². The van der Waals surface area contributed by atoms with E-state index >= 15 is 0 Å². The number of piperidine rings is 1. The van der Waals surface area contributed by atoms with Crippen molar-refractivity contribution in [1.29, 1.82) is 0 Å². The van der Waals surface area contributed by atoms with Gasteiger partial charge in [0.05, 0.1) is 0 Å². The molecule has 78 valence electrons. The van der Waals surface area contributed by atoms with Crippen LogP contribution in [0, 0.1) is 5.92 Å². The van der Waals surface area contributed by atoms with E-state index in [1.807, 2.05) is 0 Å². The lowest BCUT2D eigenvalue weighted by atomic mass is 9.87. The van der Waals surface area contributed by atoms with Gasteiger partial charge in [-0.05, 0) is 32.6 Å². The summed E-state index contributed by atoms with van der Waals surface area (Å²) in [5.41, 5.74) is 6.34. The second-order valence-corrected chi connectivity index (χ2v) is 5.41. The summed E-state index contributed by atoms with van der Waals surface area (Å²) in [4.78, 5) is 2.55. The SMILES string of the molecule is CC(C)CN1CC(N)CCC1(C)C. The second kappa shape index (κ2) is 3.97. The van der Waals surface area contributed by atoms with Crippen molar-refractivity contribution in [3.8, 4) is 0 Å². The molecular weight excluding hydrogens is 160 g/mol. The Morgan fingerprint density at radius 3 is 2.62 bits per heavy atom. The van der Waals surface area contributed by atoms with Gasteiger partial charge in [-0.25, -0.2) is 0 Å². The lowest BCUT2D eigenvalue weighted by Gasteiger charge is -2.45. The highest BCUT2D eigenvalue weighted by Gasteiger charge is 2.32. The van der Waals surface area contributed by atoms with Crippen LogP contribution in [-0.2, 0) is 0 Å². The maximum atomic E-state index is 5.98. The van der Waals surface area contributed by atoms with Crippen LogP contribution in [0.2, 0.25) is 0 Å². The van der Waals surface area contributed by atoms with E-state index in [2.05, 4.69) is 32.6 Å². The van der Waals surface area contributed by atoms with Gasteiger partial charge in [-0.15, -0.1) is 0 Å². The lowest BCUT2D eigenvalue weighted by molar-refractivity contribution is 0.0550. The van der Waals surface area contributed by atoms with Gasteiger partial charge >= 0.3 is 0 Å². The molecule has 1 saturated heterocycles. The Morgan fingerprint density at radius 2 is 2.08 bits per heavy atom. The third-order valence-corrected chi connectivity index (χ3v) is 3.02. The minimum absolute atomic E-state index is 0.361. The van der Waals surface area contributed by atoms with E-state index in [4.69, 9.17) is 5.73 Å². The number of nitrogens with two attached hydrogens (primary N) is 1. The molecule has 0 amide bonds. The summed E-state index contributed by atoms with van der Waals surface area (Å²) in [7, 11) is 0. The summed E-state index contributed by atoms with van der Waals surface area (Å²) in [6.45, 7) is 11.5. The third-order valence-electron chi connectivity index (χ3n) is 3.02. The van der Waals surface area contributed by atoms with Crippen molar-refractivity contribution >= 4 is 0 Å². The topological polar surface area (TPSA) is 29.3 Å². The molecule has 2 nitrogen and oxygen atoms in total. The zero-order chi connectivity index (χ0) is 10.1. The first-order chi connectivity index (χ1) is 5.92. The molecule has 0 aromatic heterocycles. The van der Waals surface area contributed by atoms with E-state index in [9.17, 15) is 0 Å². The molecule has 0 aromatic rings. The number of likely N-dealkylation sites (tertiary alicyclic amines) is 1. The summed E-state index contributed by atoms with van der Waals surface area (Å²) in [5.74, 6) is 0.740. The van der Waals surface area contributed by atoms with Crippen LogP contribution in [0.3, 0.4) is 0 Å². The highest BCUT2D eigenvalue weighted by Crippen LogP contribution is 2.27. The van der Waals surface area contributed by atoms with Crippen LogP contribution in [0.15, 0.2) is 0 Å². The van der Waals surface area contributed by atoms with E-state index < -0.39 is 0 Å². The first-order valence-electron chi connectivity index (χ1n) is 5.42. The number of rotatable bonds is 2. The van der Waals surface area contributed by atoms with Crippen molar-refractivity contribution in [3.63, 3.8) is 0 Å². The van der Waals surface area contributed by atoms with Gasteiger partial charge in [0.2, 0.25) is 0 Å².